The van der Waals surface area contributed by atoms with Gasteiger partial charge in [-0.05, 0) is 36.2 Å². The van der Waals surface area contributed by atoms with Gasteiger partial charge in [-0.2, -0.15) is 0 Å². The lowest BCUT2D eigenvalue weighted by Gasteiger charge is -2.11. The van der Waals surface area contributed by atoms with E-state index in [0.717, 1.165) is 16.7 Å². The highest BCUT2D eigenvalue weighted by Crippen LogP contribution is 2.21. The minimum absolute atomic E-state index is 0.255. The SMILES string of the molecule is Cc1ccc(C(N)=S)cc1OCc1ccc(C(=O)O)cc1. The summed E-state index contributed by atoms with van der Waals surface area (Å²) in [6.45, 7) is 2.29. The van der Waals surface area contributed by atoms with Gasteiger partial charge in [-0.25, -0.2) is 4.79 Å². The average molecular weight is 301 g/mol. The Morgan fingerprint density at radius 2 is 1.81 bits per heavy atom. The fourth-order valence-corrected chi connectivity index (χ4v) is 1.94. The van der Waals surface area contributed by atoms with Crippen LogP contribution >= 0.6 is 12.2 Å². The first-order chi connectivity index (χ1) is 9.97. The molecule has 0 atom stereocenters. The van der Waals surface area contributed by atoms with Gasteiger partial charge in [-0.1, -0.05) is 36.5 Å². The van der Waals surface area contributed by atoms with Crippen LogP contribution in [0.2, 0.25) is 0 Å². The fourth-order valence-electron chi connectivity index (χ4n) is 1.81. The Kier molecular flexibility index (Phi) is 4.55. The maximum Gasteiger partial charge on any atom is 0.335 e. The van der Waals surface area contributed by atoms with E-state index in [1.54, 1.807) is 24.3 Å². The molecule has 0 radical (unpaired) electrons. The van der Waals surface area contributed by atoms with Crippen LogP contribution in [0, 0.1) is 6.92 Å². The molecule has 5 heteroatoms. The molecule has 0 saturated heterocycles. The number of ether oxygens (including phenoxy) is 1. The third-order valence-corrected chi connectivity index (χ3v) is 3.30. The molecule has 0 amide bonds. The van der Waals surface area contributed by atoms with Crippen LogP contribution in [0.5, 0.6) is 5.75 Å². The van der Waals surface area contributed by atoms with E-state index < -0.39 is 5.97 Å². The number of hydrogen-bond donors (Lipinski definition) is 2. The van der Waals surface area contributed by atoms with E-state index in [2.05, 4.69) is 0 Å². The van der Waals surface area contributed by atoms with Gasteiger partial charge in [0.05, 0.1) is 5.56 Å². The van der Waals surface area contributed by atoms with E-state index in [0.29, 0.717) is 17.3 Å². The molecule has 4 nitrogen and oxygen atoms in total. The molecule has 3 N–H and O–H groups in total. The van der Waals surface area contributed by atoms with E-state index in [1.165, 1.54) is 0 Å². The largest absolute Gasteiger partial charge is 0.489 e. The van der Waals surface area contributed by atoms with Gasteiger partial charge < -0.3 is 15.6 Å². The van der Waals surface area contributed by atoms with Crippen LogP contribution in [0.3, 0.4) is 0 Å². The molecule has 21 heavy (non-hydrogen) atoms. The minimum atomic E-state index is -0.942. The summed E-state index contributed by atoms with van der Waals surface area (Å²) >= 11 is 4.95. The lowest BCUT2D eigenvalue weighted by molar-refractivity contribution is 0.0697. The van der Waals surface area contributed by atoms with Gasteiger partial charge in [0.25, 0.3) is 0 Å². The Bertz CT molecular complexity index is 680. The van der Waals surface area contributed by atoms with Crippen LogP contribution in [-0.2, 0) is 6.61 Å². The number of benzene rings is 2. The van der Waals surface area contributed by atoms with Gasteiger partial charge in [0, 0.05) is 5.56 Å². The summed E-state index contributed by atoms with van der Waals surface area (Å²) in [4.78, 5) is 11.1. The predicted octanol–water partition coefficient (Wildman–Crippen LogP) is 2.91. The van der Waals surface area contributed by atoms with E-state index >= 15 is 0 Å². The Hall–Kier alpha value is -2.40. The van der Waals surface area contributed by atoms with E-state index in [4.69, 9.17) is 27.8 Å². The van der Waals surface area contributed by atoms with Crippen LogP contribution in [-0.4, -0.2) is 16.1 Å². The van der Waals surface area contributed by atoms with Crippen LogP contribution in [0.25, 0.3) is 0 Å². The van der Waals surface area contributed by atoms with Crippen molar-refractivity contribution in [2.45, 2.75) is 13.5 Å². The average Bonchev–Trinajstić information content (AvgIpc) is 2.46. The molecule has 108 valence electrons. The molecule has 0 heterocycles. The first kappa shape index (κ1) is 15.0. The maximum atomic E-state index is 10.8. The van der Waals surface area contributed by atoms with E-state index in [-0.39, 0.29) is 5.56 Å². The Morgan fingerprint density at radius 3 is 2.38 bits per heavy atom. The number of aryl methyl sites for hydroxylation is 1. The molecule has 0 aromatic heterocycles. The molecular formula is C16H15NO3S. The normalized spacial score (nSPS) is 10.1. The zero-order valence-corrected chi connectivity index (χ0v) is 12.3. The molecule has 2 aromatic carbocycles. The van der Waals surface area contributed by atoms with Gasteiger partial charge >= 0.3 is 5.97 Å². The molecule has 0 unspecified atom stereocenters. The predicted molar refractivity (Wildman–Crippen MR) is 84.8 cm³/mol. The van der Waals surface area contributed by atoms with Crippen molar-refractivity contribution < 1.29 is 14.6 Å². The van der Waals surface area contributed by atoms with Crippen molar-refractivity contribution in [1.82, 2.24) is 0 Å². The number of aromatic carboxylic acids is 1. The molecule has 0 bridgehead atoms. The quantitative estimate of drug-likeness (QED) is 0.831. The van der Waals surface area contributed by atoms with Gasteiger partial charge in [0.2, 0.25) is 0 Å². The second-order valence-electron chi connectivity index (χ2n) is 4.64. The third kappa shape index (κ3) is 3.79. The highest BCUT2D eigenvalue weighted by Gasteiger charge is 2.05. The monoisotopic (exact) mass is 301 g/mol. The number of carboxylic acid groups (broad SMARTS) is 1. The number of hydrogen-bond acceptors (Lipinski definition) is 3. The van der Waals surface area contributed by atoms with Gasteiger partial charge in [-0.15, -0.1) is 0 Å². The molecule has 2 rings (SSSR count). The van der Waals surface area contributed by atoms with Crippen molar-refractivity contribution >= 4 is 23.2 Å². The summed E-state index contributed by atoms with van der Waals surface area (Å²) in [6, 6.07) is 12.1. The van der Waals surface area contributed by atoms with Crippen molar-refractivity contribution in [1.29, 1.82) is 0 Å². The summed E-state index contributed by atoms with van der Waals surface area (Å²) < 4.78 is 5.75. The van der Waals surface area contributed by atoms with Crippen LogP contribution in [0.1, 0.15) is 27.0 Å². The topological polar surface area (TPSA) is 72.5 Å². The molecule has 0 fully saturated rings. The van der Waals surface area contributed by atoms with Crippen molar-refractivity contribution in [2.24, 2.45) is 5.73 Å². The van der Waals surface area contributed by atoms with E-state index in [1.807, 2.05) is 25.1 Å². The smallest absolute Gasteiger partial charge is 0.335 e. The highest BCUT2D eigenvalue weighted by molar-refractivity contribution is 7.80. The second kappa shape index (κ2) is 6.37. The first-order valence-electron chi connectivity index (χ1n) is 6.33. The number of carbonyl (C=O) groups is 1. The number of rotatable bonds is 5. The molecule has 2 aromatic rings. The fraction of sp³-hybridized carbons (Fsp3) is 0.125. The third-order valence-electron chi connectivity index (χ3n) is 3.07. The van der Waals surface area contributed by atoms with Crippen molar-refractivity contribution in [3.63, 3.8) is 0 Å². The van der Waals surface area contributed by atoms with Gasteiger partial charge in [-0.3, -0.25) is 0 Å². The number of thiocarbonyl (C=S) groups is 1. The molecular weight excluding hydrogens is 286 g/mol. The first-order valence-corrected chi connectivity index (χ1v) is 6.73. The lowest BCUT2D eigenvalue weighted by atomic mass is 10.1. The van der Waals surface area contributed by atoms with Crippen LogP contribution < -0.4 is 10.5 Å². The number of carboxylic acids is 1. The summed E-state index contributed by atoms with van der Waals surface area (Å²) in [7, 11) is 0. The standard InChI is InChI=1S/C16H15NO3S/c1-10-2-5-13(15(17)21)8-14(10)20-9-11-3-6-12(7-4-11)16(18)19/h2-8H,9H2,1H3,(H2,17,21)(H,18,19). The van der Waals surface area contributed by atoms with Crippen molar-refractivity contribution in [3.8, 4) is 5.75 Å². The zero-order chi connectivity index (χ0) is 15.4. The molecule has 0 spiro atoms. The van der Waals surface area contributed by atoms with Crippen molar-refractivity contribution in [2.75, 3.05) is 0 Å². The molecule has 0 aliphatic heterocycles. The molecule has 0 aliphatic rings. The summed E-state index contributed by atoms with van der Waals surface area (Å²) in [5.74, 6) is -0.231. The van der Waals surface area contributed by atoms with Gasteiger partial charge in [0.15, 0.2) is 0 Å². The molecule has 0 saturated carbocycles. The number of nitrogens with two attached hydrogens (primary N) is 1. The Balaban J connectivity index is 2.10. The zero-order valence-electron chi connectivity index (χ0n) is 11.5. The summed E-state index contributed by atoms with van der Waals surface area (Å²) in [5.41, 5.74) is 8.49. The summed E-state index contributed by atoms with van der Waals surface area (Å²) in [5, 5.41) is 8.85. The lowest BCUT2D eigenvalue weighted by Crippen LogP contribution is -2.09. The maximum absolute atomic E-state index is 10.8. The Morgan fingerprint density at radius 1 is 1.19 bits per heavy atom. The van der Waals surface area contributed by atoms with Crippen molar-refractivity contribution in [3.05, 3.63) is 64.7 Å². The second-order valence-corrected chi connectivity index (χ2v) is 5.08. The Labute approximate surface area is 128 Å². The van der Waals surface area contributed by atoms with E-state index in [9.17, 15) is 4.79 Å². The van der Waals surface area contributed by atoms with Gasteiger partial charge in [0.1, 0.15) is 17.3 Å². The van der Waals surface area contributed by atoms with Crippen LogP contribution in [0.15, 0.2) is 42.5 Å². The minimum Gasteiger partial charge on any atom is -0.489 e. The van der Waals surface area contributed by atoms with Crippen LogP contribution in [0.4, 0.5) is 0 Å². The molecule has 0 aliphatic carbocycles. The highest BCUT2D eigenvalue weighted by atomic mass is 32.1. The summed E-state index contributed by atoms with van der Waals surface area (Å²) in [6.07, 6.45) is 0.